The van der Waals surface area contributed by atoms with Crippen LogP contribution in [0.15, 0.2) is 12.1 Å². The van der Waals surface area contributed by atoms with E-state index in [0.717, 1.165) is 23.4 Å². The maximum Gasteiger partial charge on any atom is 0.205 e. The van der Waals surface area contributed by atoms with E-state index in [4.69, 9.17) is 0 Å². The third kappa shape index (κ3) is 3.05. The van der Waals surface area contributed by atoms with E-state index in [2.05, 4.69) is 23.2 Å². The minimum atomic E-state index is -0.522. The second kappa shape index (κ2) is 5.67. The average molecular weight is 309 g/mol. The minimum absolute atomic E-state index is 0.442. The molecule has 0 saturated carbocycles. The summed E-state index contributed by atoms with van der Waals surface area (Å²) in [4.78, 5) is 6.58. The number of benzene rings is 1. The third-order valence-corrected chi connectivity index (χ3v) is 4.38. The van der Waals surface area contributed by atoms with Gasteiger partial charge < -0.3 is 4.90 Å². The summed E-state index contributed by atoms with van der Waals surface area (Å²) >= 11 is 1.36. The second-order valence-corrected chi connectivity index (χ2v) is 6.52. The Hall–Kier alpha value is -1.56. The van der Waals surface area contributed by atoms with Gasteiger partial charge in [-0.2, -0.15) is 4.37 Å². The molecule has 0 aliphatic carbocycles. The highest BCUT2D eigenvalue weighted by Crippen LogP contribution is 2.28. The largest absolute Gasteiger partial charge is 0.342 e. The molecule has 0 atom stereocenters. The summed E-state index contributed by atoms with van der Waals surface area (Å²) in [6.07, 6.45) is 1.42. The number of fused-ring (bicyclic) bond motifs is 1. The molecule has 3 rings (SSSR count). The van der Waals surface area contributed by atoms with Crippen LogP contribution in [0.3, 0.4) is 0 Å². The summed E-state index contributed by atoms with van der Waals surface area (Å²) in [5.74, 6) is 0.396. The van der Waals surface area contributed by atoms with Gasteiger partial charge in [0.25, 0.3) is 0 Å². The third-order valence-electron chi connectivity index (χ3n) is 3.56. The molecule has 3 nitrogen and oxygen atoms in total. The van der Waals surface area contributed by atoms with Crippen molar-refractivity contribution < 1.29 is 8.78 Å². The van der Waals surface area contributed by atoms with Crippen LogP contribution in [0.25, 0.3) is 0 Å². The Bertz CT molecular complexity index is 654. The molecular weight excluding hydrogens is 292 g/mol. The zero-order valence-corrected chi connectivity index (χ0v) is 12.9. The summed E-state index contributed by atoms with van der Waals surface area (Å²) in [5.41, 5.74) is 1.33. The lowest BCUT2D eigenvalue weighted by atomic mass is 9.99. The van der Waals surface area contributed by atoms with Gasteiger partial charge in [-0.3, -0.25) is 0 Å². The van der Waals surface area contributed by atoms with E-state index in [1.807, 2.05) is 4.90 Å². The molecule has 1 aromatic heterocycles. The van der Waals surface area contributed by atoms with Gasteiger partial charge in [0.15, 0.2) is 0 Å². The van der Waals surface area contributed by atoms with E-state index in [1.54, 1.807) is 0 Å². The maximum atomic E-state index is 13.7. The number of hydrogen-bond donors (Lipinski definition) is 0. The molecule has 1 aromatic carbocycles. The Balaban J connectivity index is 1.81. The number of halogens is 2. The van der Waals surface area contributed by atoms with E-state index >= 15 is 0 Å². The van der Waals surface area contributed by atoms with E-state index in [9.17, 15) is 8.78 Å². The fraction of sp³-hybridized carbons (Fsp3) is 0.467. The topological polar surface area (TPSA) is 29.0 Å². The Morgan fingerprint density at radius 1 is 1.33 bits per heavy atom. The van der Waals surface area contributed by atoms with Gasteiger partial charge in [-0.15, -0.1) is 0 Å². The predicted molar refractivity (Wildman–Crippen MR) is 79.6 cm³/mol. The zero-order chi connectivity index (χ0) is 15.0. The molecule has 0 radical (unpaired) electrons. The lowest BCUT2D eigenvalue weighted by Crippen LogP contribution is -2.31. The molecule has 2 aromatic rings. The molecule has 0 N–H and O–H groups in total. The molecule has 0 amide bonds. The van der Waals surface area contributed by atoms with Crippen molar-refractivity contribution in [2.45, 2.75) is 33.2 Å². The first-order valence-corrected chi connectivity index (χ1v) is 7.84. The molecule has 2 heterocycles. The Labute approximate surface area is 126 Å². The fourth-order valence-electron chi connectivity index (χ4n) is 2.59. The van der Waals surface area contributed by atoms with Gasteiger partial charge in [0.2, 0.25) is 5.13 Å². The van der Waals surface area contributed by atoms with Crippen LogP contribution < -0.4 is 4.90 Å². The Morgan fingerprint density at radius 3 is 2.90 bits per heavy atom. The average Bonchev–Trinajstić information content (AvgIpc) is 2.85. The molecule has 0 unspecified atom stereocenters. The van der Waals surface area contributed by atoms with Crippen molar-refractivity contribution in [1.29, 1.82) is 0 Å². The van der Waals surface area contributed by atoms with Gasteiger partial charge >= 0.3 is 0 Å². The smallest absolute Gasteiger partial charge is 0.205 e. The molecule has 21 heavy (non-hydrogen) atoms. The molecule has 0 spiro atoms. The Kier molecular flexibility index (Phi) is 3.89. The number of anilines is 1. The summed E-state index contributed by atoms with van der Waals surface area (Å²) < 4.78 is 31.4. The molecule has 0 saturated heterocycles. The molecule has 0 bridgehead atoms. The van der Waals surface area contributed by atoms with Crippen molar-refractivity contribution >= 4 is 16.7 Å². The fourth-order valence-corrected chi connectivity index (χ4v) is 3.31. The van der Waals surface area contributed by atoms with Gasteiger partial charge in [-0.1, -0.05) is 13.8 Å². The molecule has 1 aliphatic rings. The first-order valence-electron chi connectivity index (χ1n) is 7.07. The second-order valence-electron chi connectivity index (χ2n) is 5.79. The van der Waals surface area contributed by atoms with E-state index < -0.39 is 11.6 Å². The molecule has 1 aliphatic heterocycles. The van der Waals surface area contributed by atoms with Gasteiger partial charge in [0.05, 0.1) is 0 Å². The molecule has 112 valence electrons. The summed E-state index contributed by atoms with van der Waals surface area (Å²) in [7, 11) is 0. The summed E-state index contributed by atoms with van der Waals surface area (Å²) in [6.45, 7) is 5.43. The SMILES string of the molecule is CC(C)Cc1nsc(N2CCc3c(F)cc(F)cc3C2)n1. The number of hydrogen-bond acceptors (Lipinski definition) is 4. The first kappa shape index (κ1) is 14.4. The number of nitrogens with zero attached hydrogens (tertiary/aromatic N) is 3. The van der Waals surface area contributed by atoms with Crippen molar-refractivity contribution in [1.82, 2.24) is 9.36 Å². The highest BCUT2D eigenvalue weighted by Gasteiger charge is 2.22. The molecule has 6 heteroatoms. The van der Waals surface area contributed by atoms with Crippen LogP contribution in [0.2, 0.25) is 0 Å². The lowest BCUT2D eigenvalue weighted by Gasteiger charge is -2.28. The summed E-state index contributed by atoms with van der Waals surface area (Å²) in [6, 6.07) is 2.38. The highest BCUT2D eigenvalue weighted by molar-refractivity contribution is 7.09. The van der Waals surface area contributed by atoms with Crippen LogP contribution in [-0.2, 0) is 19.4 Å². The molecule has 0 fully saturated rings. The standard InChI is InChI=1S/C15H17F2N3S/c1-9(2)5-14-18-15(21-19-14)20-4-3-12-10(8-20)6-11(16)7-13(12)17/h6-7,9H,3-5,8H2,1-2H3. The predicted octanol–water partition coefficient (Wildman–Crippen LogP) is 3.58. The van der Waals surface area contributed by atoms with E-state index in [-0.39, 0.29) is 0 Å². The van der Waals surface area contributed by atoms with Crippen LogP contribution in [0.4, 0.5) is 13.9 Å². The monoisotopic (exact) mass is 309 g/mol. The van der Waals surface area contributed by atoms with Crippen LogP contribution in [0, 0.1) is 17.6 Å². The van der Waals surface area contributed by atoms with Crippen LogP contribution >= 0.6 is 11.5 Å². The van der Waals surface area contributed by atoms with E-state index in [0.29, 0.717) is 36.6 Å². The van der Waals surface area contributed by atoms with Gasteiger partial charge in [-0.05, 0) is 29.5 Å². The van der Waals surface area contributed by atoms with Crippen molar-refractivity contribution in [3.05, 3.63) is 40.7 Å². The normalized spacial score (nSPS) is 14.6. The van der Waals surface area contributed by atoms with Crippen LogP contribution in [-0.4, -0.2) is 15.9 Å². The van der Waals surface area contributed by atoms with Gasteiger partial charge in [-0.25, -0.2) is 13.8 Å². The minimum Gasteiger partial charge on any atom is -0.342 e. The lowest BCUT2D eigenvalue weighted by molar-refractivity contribution is 0.555. The van der Waals surface area contributed by atoms with Crippen LogP contribution in [0.5, 0.6) is 0 Å². The highest BCUT2D eigenvalue weighted by atomic mass is 32.1. The quantitative estimate of drug-likeness (QED) is 0.868. The van der Waals surface area contributed by atoms with Crippen molar-refractivity contribution in [3.63, 3.8) is 0 Å². The summed E-state index contributed by atoms with van der Waals surface area (Å²) in [5, 5.41) is 0.834. The zero-order valence-electron chi connectivity index (χ0n) is 12.1. The Morgan fingerprint density at radius 2 is 2.14 bits per heavy atom. The van der Waals surface area contributed by atoms with Gasteiger partial charge in [0.1, 0.15) is 17.5 Å². The van der Waals surface area contributed by atoms with Crippen molar-refractivity contribution in [2.24, 2.45) is 5.92 Å². The van der Waals surface area contributed by atoms with Crippen molar-refractivity contribution in [3.8, 4) is 0 Å². The van der Waals surface area contributed by atoms with Crippen LogP contribution in [0.1, 0.15) is 30.8 Å². The number of rotatable bonds is 3. The first-order chi connectivity index (χ1) is 10.0. The molecular formula is C15H17F2N3S. The maximum absolute atomic E-state index is 13.7. The van der Waals surface area contributed by atoms with Crippen molar-refractivity contribution in [2.75, 3.05) is 11.4 Å². The van der Waals surface area contributed by atoms with E-state index in [1.165, 1.54) is 17.6 Å². The van der Waals surface area contributed by atoms with Gasteiger partial charge in [0, 0.05) is 37.1 Å². The number of aromatic nitrogens is 2.